The maximum Gasteiger partial charge on any atom is 0.187 e. The van der Waals surface area contributed by atoms with E-state index in [0.29, 0.717) is 6.04 Å². The minimum absolute atomic E-state index is 0.450. The predicted molar refractivity (Wildman–Crippen MR) is 90.4 cm³/mol. The third kappa shape index (κ3) is 2.36. The highest BCUT2D eigenvalue weighted by molar-refractivity contribution is 7.98. The van der Waals surface area contributed by atoms with Gasteiger partial charge in [0.1, 0.15) is 5.52 Å². The summed E-state index contributed by atoms with van der Waals surface area (Å²) in [5.41, 5.74) is 2.17. The quantitative estimate of drug-likeness (QED) is 0.582. The van der Waals surface area contributed by atoms with Crippen LogP contribution in [0.2, 0.25) is 0 Å². The van der Waals surface area contributed by atoms with E-state index in [9.17, 15) is 0 Å². The second-order valence-electron chi connectivity index (χ2n) is 5.72. The van der Waals surface area contributed by atoms with Gasteiger partial charge in [-0.25, -0.2) is 9.97 Å². The van der Waals surface area contributed by atoms with Gasteiger partial charge in [0.05, 0.1) is 17.8 Å². The first-order chi connectivity index (χ1) is 10.9. The number of thioether (sulfide) groups is 1. The Hall–Kier alpha value is -1.66. The topological polar surface area (TPSA) is 55.6 Å². The van der Waals surface area contributed by atoms with Crippen molar-refractivity contribution >= 4 is 33.6 Å². The van der Waals surface area contributed by atoms with Gasteiger partial charge in [-0.05, 0) is 38.6 Å². The van der Waals surface area contributed by atoms with E-state index in [2.05, 4.69) is 32.2 Å². The van der Waals surface area contributed by atoms with Gasteiger partial charge in [-0.2, -0.15) is 5.10 Å². The van der Waals surface area contributed by atoms with Gasteiger partial charge < -0.3 is 5.32 Å². The van der Waals surface area contributed by atoms with Gasteiger partial charge >= 0.3 is 0 Å². The average Bonchev–Trinajstić information content (AvgIpc) is 2.81. The first kappa shape index (κ1) is 14.0. The average molecular weight is 313 g/mol. The van der Waals surface area contributed by atoms with Crippen LogP contribution in [0.5, 0.6) is 0 Å². The van der Waals surface area contributed by atoms with Crippen molar-refractivity contribution in [2.45, 2.75) is 30.5 Å². The van der Waals surface area contributed by atoms with Crippen LogP contribution in [-0.2, 0) is 0 Å². The van der Waals surface area contributed by atoms with Crippen LogP contribution in [-0.4, -0.2) is 39.1 Å². The monoisotopic (exact) mass is 313 g/mol. The standard InChI is InChI=1S/C16H19N5S/c1-22-16-18-9-11-4-5-12-10-19-21(15(12)14(11)20-16)13-3-2-7-17-8-6-13/h4-5,9-10,13,17H,2-3,6-8H2,1H3. The number of hydrogen-bond donors (Lipinski definition) is 1. The zero-order chi connectivity index (χ0) is 14.9. The Bertz CT molecular complexity index is 805. The predicted octanol–water partition coefficient (Wildman–Crippen LogP) is 3.02. The van der Waals surface area contributed by atoms with Gasteiger partial charge in [-0.1, -0.05) is 23.9 Å². The highest BCUT2D eigenvalue weighted by Gasteiger charge is 2.18. The van der Waals surface area contributed by atoms with E-state index in [0.717, 1.165) is 46.5 Å². The van der Waals surface area contributed by atoms with E-state index in [4.69, 9.17) is 4.98 Å². The fourth-order valence-corrected chi connectivity index (χ4v) is 3.57. The lowest BCUT2D eigenvalue weighted by Gasteiger charge is -2.16. The molecule has 0 amide bonds. The fraction of sp³-hybridized carbons (Fsp3) is 0.438. The molecular formula is C16H19N5S. The van der Waals surface area contributed by atoms with Gasteiger partial charge in [0.15, 0.2) is 5.16 Å². The van der Waals surface area contributed by atoms with Gasteiger partial charge in [0.25, 0.3) is 0 Å². The summed E-state index contributed by atoms with van der Waals surface area (Å²) in [4.78, 5) is 9.13. The van der Waals surface area contributed by atoms with Crippen LogP contribution in [0.25, 0.3) is 21.8 Å². The van der Waals surface area contributed by atoms with Gasteiger partial charge in [-0.3, -0.25) is 4.68 Å². The van der Waals surface area contributed by atoms with E-state index in [-0.39, 0.29) is 0 Å². The van der Waals surface area contributed by atoms with Crippen LogP contribution >= 0.6 is 11.8 Å². The Morgan fingerprint density at radius 2 is 2.09 bits per heavy atom. The third-order valence-electron chi connectivity index (χ3n) is 4.36. The molecule has 2 aromatic heterocycles. The summed E-state index contributed by atoms with van der Waals surface area (Å²) in [5, 5.41) is 11.2. The zero-order valence-electron chi connectivity index (χ0n) is 12.6. The SMILES string of the molecule is CSc1ncc2ccc3cnn(C4CCCNCC4)c3c2n1. The molecule has 3 heterocycles. The van der Waals surface area contributed by atoms with Gasteiger partial charge in [-0.15, -0.1) is 0 Å². The lowest BCUT2D eigenvalue weighted by Crippen LogP contribution is -2.15. The molecule has 0 saturated carbocycles. The number of hydrogen-bond acceptors (Lipinski definition) is 5. The van der Waals surface area contributed by atoms with Crippen LogP contribution in [0.1, 0.15) is 25.3 Å². The summed E-state index contributed by atoms with van der Waals surface area (Å²) in [6.45, 7) is 2.16. The van der Waals surface area contributed by atoms with Gasteiger partial charge in [0.2, 0.25) is 0 Å². The number of nitrogens with zero attached hydrogens (tertiary/aromatic N) is 4. The first-order valence-electron chi connectivity index (χ1n) is 7.74. The minimum Gasteiger partial charge on any atom is -0.317 e. The van der Waals surface area contributed by atoms with Crippen molar-refractivity contribution in [3.63, 3.8) is 0 Å². The Balaban J connectivity index is 1.92. The summed E-state index contributed by atoms with van der Waals surface area (Å²) in [5.74, 6) is 0. The van der Waals surface area contributed by atoms with Crippen molar-refractivity contribution < 1.29 is 0 Å². The van der Waals surface area contributed by atoms with Crippen LogP contribution in [0.15, 0.2) is 29.7 Å². The number of aromatic nitrogens is 4. The number of benzene rings is 1. The molecule has 1 aliphatic heterocycles. The number of fused-ring (bicyclic) bond motifs is 3. The highest BCUT2D eigenvalue weighted by atomic mass is 32.2. The molecule has 22 heavy (non-hydrogen) atoms. The van der Waals surface area contributed by atoms with Crippen molar-refractivity contribution in [2.24, 2.45) is 0 Å². The van der Waals surface area contributed by atoms with E-state index >= 15 is 0 Å². The maximum absolute atomic E-state index is 4.75. The van der Waals surface area contributed by atoms with E-state index < -0.39 is 0 Å². The number of rotatable bonds is 2. The largest absolute Gasteiger partial charge is 0.317 e. The second-order valence-corrected chi connectivity index (χ2v) is 6.50. The molecule has 1 fully saturated rings. The molecule has 1 aliphatic rings. The summed E-state index contributed by atoms with van der Waals surface area (Å²) >= 11 is 1.58. The molecule has 0 radical (unpaired) electrons. The van der Waals surface area contributed by atoms with E-state index in [1.165, 1.54) is 12.8 Å². The van der Waals surface area contributed by atoms with Crippen molar-refractivity contribution in [1.82, 2.24) is 25.1 Å². The molecule has 1 N–H and O–H groups in total. The van der Waals surface area contributed by atoms with Crippen molar-refractivity contribution in [1.29, 1.82) is 0 Å². The summed E-state index contributed by atoms with van der Waals surface area (Å²) < 4.78 is 2.20. The second kappa shape index (κ2) is 5.85. The summed E-state index contributed by atoms with van der Waals surface area (Å²) in [6, 6.07) is 4.66. The summed E-state index contributed by atoms with van der Waals surface area (Å²) in [7, 11) is 0. The molecule has 1 atom stereocenters. The molecule has 5 nitrogen and oxygen atoms in total. The smallest absolute Gasteiger partial charge is 0.187 e. The summed E-state index contributed by atoms with van der Waals surface area (Å²) in [6.07, 6.45) is 9.37. The molecule has 1 unspecified atom stereocenters. The molecule has 6 heteroatoms. The van der Waals surface area contributed by atoms with E-state index in [1.807, 2.05) is 18.6 Å². The molecule has 0 bridgehead atoms. The molecular weight excluding hydrogens is 294 g/mol. The molecule has 1 saturated heterocycles. The lowest BCUT2D eigenvalue weighted by atomic mass is 10.1. The molecule has 1 aromatic carbocycles. The highest BCUT2D eigenvalue weighted by Crippen LogP contribution is 2.29. The Kier molecular flexibility index (Phi) is 3.72. The minimum atomic E-state index is 0.450. The van der Waals surface area contributed by atoms with Crippen LogP contribution in [0, 0.1) is 0 Å². The van der Waals surface area contributed by atoms with Crippen LogP contribution in [0.3, 0.4) is 0 Å². The van der Waals surface area contributed by atoms with Crippen molar-refractivity contribution in [3.8, 4) is 0 Å². The Morgan fingerprint density at radius 3 is 3.00 bits per heavy atom. The van der Waals surface area contributed by atoms with Crippen LogP contribution in [0.4, 0.5) is 0 Å². The number of nitrogens with one attached hydrogen (secondary N) is 1. The maximum atomic E-state index is 4.75. The normalized spacial score (nSPS) is 19.6. The van der Waals surface area contributed by atoms with Crippen molar-refractivity contribution in [2.75, 3.05) is 19.3 Å². The molecule has 0 spiro atoms. The fourth-order valence-electron chi connectivity index (χ4n) is 3.23. The molecule has 0 aliphatic carbocycles. The Morgan fingerprint density at radius 1 is 1.18 bits per heavy atom. The first-order valence-corrected chi connectivity index (χ1v) is 8.97. The molecule has 114 valence electrons. The van der Waals surface area contributed by atoms with Gasteiger partial charge in [0, 0.05) is 17.0 Å². The zero-order valence-corrected chi connectivity index (χ0v) is 13.4. The van der Waals surface area contributed by atoms with Crippen LogP contribution < -0.4 is 5.32 Å². The third-order valence-corrected chi connectivity index (χ3v) is 4.92. The van der Waals surface area contributed by atoms with Crippen molar-refractivity contribution in [3.05, 3.63) is 24.5 Å². The molecule has 4 rings (SSSR count). The molecule has 3 aromatic rings. The van der Waals surface area contributed by atoms with E-state index in [1.54, 1.807) is 11.8 Å². The lowest BCUT2D eigenvalue weighted by molar-refractivity contribution is 0.427. The Labute approximate surface area is 133 Å².